The Balaban J connectivity index is 1.37. The molecule has 0 amide bonds. The Morgan fingerprint density at radius 2 is 2.04 bits per heavy atom. The molecule has 3 N–H and O–H groups in total. The van der Waals surface area contributed by atoms with Gasteiger partial charge in [-0.1, -0.05) is 6.07 Å². The van der Waals surface area contributed by atoms with E-state index in [2.05, 4.69) is 37.7 Å². The zero-order chi connectivity index (χ0) is 18.4. The molecular weight excluding hydrogens is 340 g/mol. The van der Waals surface area contributed by atoms with Crippen molar-refractivity contribution in [1.82, 2.24) is 25.7 Å². The van der Waals surface area contributed by atoms with Crippen LogP contribution < -0.4 is 10.2 Å². The number of H-pyrrole nitrogens is 1. The van der Waals surface area contributed by atoms with E-state index in [4.69, 9.17) is 0 Å². The minimum absolute atomic E-state index is 0.184. The SMILES string of the molecule is CN(c1ccc(-c2ccc(-c3cn[nH]c3)cc2O)nn1)[C@@H]1C[C@@H]2C[C@H]1CN2. The van der Waals surface area contributed by atoms with E-state index < -0.39 is 0 Å². The molecule has 7 heteroatoms. The highest BCUT2D eigenvalue weighted by molar-refractivity contribution is 5.73. The molecule has 1 aliphatic heterocycles. The van der Waals surface area contributed by atoms with Crippen molar-refractivity contribution in [3.63, 3.8) is 0 Å². The highest BCUT2D eigenvalue weighted by Crippen LogP contribution is 2.36. The number of benzene rings is 1. The Bertz CT molecular complexity index is 940. The van der Waals surface area contributed by atoms with Gasteiger partial charge in [0.2, 0.25) is 0 Å². The second kappa shape index (κ2) is 6.35. The molecule has 138 valence electrons. The second-order valence-electron chi connectivity index (χ2n) is 7.51. The number of hydrogen-bond donors (Lipinski definition) is 3. The lowest BCUT2D eigenvalue weighted by molar-refractivity contribution is 0.422. The highest BCUT2D eigenvalue weighted by atomic mass is 16.3. The molecule has 1 saturated carbocycles. The molecule has 27 heavy (non-hydrogen) atoms. The van der Waals surface area contributed by atoms with Gasteiger partial charge in [-0.25, -0.2) is 0 Å². The molecule has 2 aliphatic rings. The van der Waals surface area contributed by atoms with Crippen LogP contribution in [0.5, 0.6) is 5.75 Å². The molecule has 0 radical (unpaired) electrons. The van der Waals surface area contributed by atoms with Gasteiger partial charge in [-0.2, -0.15) is 5.10 Å². The predicted molar refractivity (Wildman–Crippen MR) is 103 cm³/mol. The minimum Gasteiger partial charge on any atom is -0.507 e. The monoisotopic (exact) mass is 362 g/mol. The van der Waals surface area contributed by atoms with Crippen LogP contribution in [-0.4, -0.2) is 51.2 Å². The summed E-state index contributed by atoms with van der Waals surface area (Å²) in [5.74, 6) is 1.76. The fourth-order valence-electron chi connectivity index (χ4n) is 4.44. The van der Waals surface area contributed by atoms with Gasteiger partial charge in [0.25, 0.3) is 0 Å². The lowest BCUT2D eigenvalue weighted by atomic mass is 10.0. The fraction of sp³-hybridized carbons (Fsp3) is 0.350. The number of rotatable bonds is 4. The number of piperidine rings is 1. The summed E-state index contributed by atoms with van der Waals surface area (Å²) in [4.78, 5) is 2.25. The fourth-order valence-corrected chi connectivity index (χ4v) is 4.44. The Labute approximate surface area is 157 Å². The quantitative estimate of drug-likeness (QED) is 0.660. The van der Waals surface area contributed by atoms with Crippen molar-refractivity contribution in [2.24, 2.45) is 5.92 Å². The molecule has 1 aliphatic carbocycles. The van der Waals surface area contributed by atoms with Gasteiger partial charge in [0, 0.05) is 43.0 Å². The molecule has 0 spiro atoms. The van der Waals surface area contributed by atoms with Crippen LogP contribution in [0.3, 0.4) is 0 Å². The van der Waals surface area contributed by atoms with E-state index in [1.807, 2.05) is 24.3 Å². The number of aromatic hydroxyl groups is 1. The van der Waals surface area contributed by atoms with Crippen molar-refractivity contribution < 1.29 is 5.11 Å². The number of nitrogens with zero attached hydrogens (tertiary/aromatic N) is 4. The third-order valence-electron chi connectivity index (χ3n) is 5.94. The highest BCUT2D eigenvalue weighted by Gasteiger charge is 2.41. The summed E-state index contributed by atoms with van der Waals surface area (Å²) in [7, 11) is 2.10. The van der Waals surface area contributed by atoms with Crippen LogP contribution in [0.15, 0.2) is 42.7 Å². The van der Waals surface area contributed by atoms with Crippen LogP contribution >= 0.6 is 0 Å². The molecule has 3 atom stereocenters. The molecule has 1 saturated heterocycles. The van der Waals surface area contributed by atoms with Crippen LogP contribution in [0.4, 0.5) is 5.82 Å². The Morgan fingerprint density at radius 1 is 1.11 bits per heavy atom. The summed E-state index contributed by atoms with van der Waals surface area (Å²) in [5.41, 5.74) is 3.17. The zero-order valence-corrected chi connectivity index (χ0v) is 15.1. The molecule has 5 rings (SSSR count). The number of nitrogens with one attached hydrogen (secondary N) is 2. The maximum absolute atomic E-state index is 10.5. The van der Waals surface area contributed by atoms with Crippen LogP contribution in [0.1, 0.15) is 12.8 Å². The van der Waals surface area contributed by atoms with Gasteiger partial charge in [-0.05, 0) is 48.6 Å². The summed E-state index contributed by atoms with van der Waals surface area (Å²) in [6, 6.07) is 10.6. The van der Waals surface area contributed by atoms with E-state index in [9.17, 15) is 5.11 Å². The number of aromatic amines is 1. The maximum atomic E-state index is 10.5. The first-order valence-electron chi connectivity index (χ1n) is 9.31. The number of anilines is 1. The van der Waals surface area contributed by atoms with E-state index in [-0.39, 0.29) is 5.75 Å². The molecule has 2 fully saturated rings. The zero-order valence-electron chi connectivity index (χ0n) is 15.1. The molecule has 3 heterocycles. The Morgan fingerprint density at radius 3 is 2.67 bits per heavy atom. The van der Waals surface area contributed by atoms with Crippen molar-refractivity contribution >= 4 is 5.82 Å². The predicted octanol–water partition coefficient (Wildman–Crippen LogP) is 2.43. The van der Waals surface area contributed by atoms with Crippen molar-refractivity contribution in [1.29, 1.82) is 0 Å². The van der Waals surface area contributed by atoms with Crippen molar-refractivity contribution in [3.8, 4) is 28.1 Å². The van der Waals surface area contributed by atoms with Gasteiger partial charge in [-0.3, -0.25) is 5.10 Å². The summed E-state index contributed by atoms with van der Waals surface area (Å²) in [6.07, 6.45) is 5.95. The van der Waals surface area contributed by atoms with E-state index in [0.29, 0.717) is 29.3 Å². The summed E-state index contributed by atoms with van der Waals surface area (Å²) < 4.78 is 0. The smallest absolute Gasteiger partial charge is 0.151 e. The molecule has 2 bridgehead atoms. The van der Waals surface area contributed by atoms with E-state index in [0.717, 1.165) is 23.5 Å². The standard InChI is InChI=1S/C20H22N6O/c1-26(18-8-15-6-13(18)9-21-15)20-5-4-17(24-25-20)16-3-2-12(7-19(16)27)14-10-22-23-11-14/h2-5,7,10-11,13,15,18,21,27H,6,8-9H2,1H3,(H,22,23)/t13-,15-,18+/m0/s1. The van der Waals surface area contributed by atoms with Crippen LogP contribution in [0, 0.1) is 5.92 Å². The number of hydrogen-bond acceptors (Lipinski definition) is 6. The Hall–Kier alpha value is -2.93. The summed E-state index contributed by atoms with van der Waals surface area (Å²) in [6.45, 7) is 1.10. The number of phenols is 1. The second-order valence-corrected chi connectivity index (χ2v) is 7.51. The Kier molecular flexibility index (Phi) is 3.82. The average Bonchev–Trinajstić information content (AvgIpc) is 3.45. The molecule has 3 aromatic rings. The van der Waals surface area contributed by atoms with Gasteiger partial charge in [0.05, 0.1) is 11.9 Å². The molecule has 7 nitrogen and oxygen atoms in total. The van der Waals surface area contributed by atoms with Crippen LogP contribution in [0.25, 0.3) is 22.4 Å². The van der Waals surface area contributed by atoms with Gasteiger partial charge in [0.15, 0.2) is 5.82 Å². The first-order valence-corrected chi connectivity index (χ1v) is 9.31. The minimum atomic E-state index is 0.184. The normalized spacial score (nSPS) is 23.7. The molecule has 1 aromatic carbocycles. The first kappa shape index (κ1) is 16.3. The number of fused-ring (bicyclic) bond motifs is 2. The van der Waals surface area contributed by atoms with Gasteiger partial charge in [-0.15, -0.1) is 10.2 Å². The van der Waals surface area contributed by atoms with Crippen molar-refractivity contribution in [2.75, 3.05) is 18.5 Å². The maximum Gasteiger partial charge on any atom is 0.151 e. The number of phenolic OH excluding ortho intramolecular Hbond substituents is 1. The van der Waals surface area contributed by atoms with Gasteiger partial charge in [0.1, 0.15) is 5.75 Å². The topological polar surface area (TPSA) is 90.0 Å². The summed E-state index contributed by atoms with van der Waals surface area (Å²) in [5, 5.41) is 29.5. The number of aromatic nitrogens is 4. The summed E-state index contributed by atoms with van der Waals surface area (Å²) >= 11 is 0. The lowest BCUT2D eigenvalue weighted by Crippen LogP contribution is -2.43. The average molecular weight is 362 g/mol. The van der Waals surface area contributed by atoms with Crippen LogP contribution in [0.2, 0.25) is 0 Å². The van der Waals surface area contributed by atoms with E-state index >= 15 is 0 Å². The molecule has 0 unspecified atom stereocenters. The third kappa shape index (κ3) is 2.84. The van der Waals surface area contributed by atoms with Crippen molar-refractivity contribution in [2.45, 2.75) is 24.9 Å². The van der Waals surface area contributed by atoms with Gasteiger partial charge >= 0.3 is 0 Å². The van der Waals surface area contributed by atoms with E-state index in [1.54, 1.807) is 18.5 Å². The van der Waals surface area contributed by atoms with Gasteiger partial charge < -0.3 is 15.3 Å². The van der Waals surface area contributed by atoms with E-state index in [1.165, 1.54) is 12.8 Å². The van der Waals surface area contributed by atoms with Crippen molar-refractivity contribution in [3.05, 3.63) is 42.7 Å². The first-order chi connectivity index (χ1) is 13.2. The van der Waals surface area contributed by atoms with Crippen LogP contribution in [-0.2, 0) is 0 Å². The third-order valence-corrected chi connectivity index (χ3v) is 5.94. The molecule has 2 aromatic heterocycles. The largest absolute Gasteiger partial charge is 0.507 e. The molecular formula is C20H22N6O. The lowest BCUT2D eigenvalue weighted by Gasteiger charge is -2.32.